The highest BCUT2D eigenvalue weighted by molar-refractivity contribution is 5.85. The predicted molar refractivity (Wildman–Crippen MR) is 92.5 cm³/mol. The highest BCUT2D eigenvalue weighted by Crippen LogP contribution is 2.10. The summed E-state index contributed by atoms with van der Waals surface area (Å²) in [6, 6.07) is 0. The van der Waals surface area contributed by atoms with Crippen LogP contribution in [0.3, 0.4) is 0 Å². The van der Waals surface area contributed by atoms with Gasteiger partial charge in [0.1, 0.15) is 0 Å². The topological polar surface area (TPSA) is 0 Å². The molecule has 18 heavy (non-hydrogen) atoms. The Kier molecular flexibility index (Phi) is 34.1. The fraction of sp³-hybridized carbons (Fsp3) is 1.00. The van der Waals surface area contributed by atoms with Gasteiger partial charge in [-0.3, -0.25) is 0 Å². The number of unbranched alkanes of at least 4 members (excludes halogenated alkanes) is 2. The Morgan fingerprint density at radius 1 is 0.611 bits per heavy atom. The number of rotatable bonds is 8. The van der Waals surface area contributed by atoms with Crippen molar-refractivity contribution in [3.05, 3.63) is 0 Å². The molecule has 0 saturated carbocycles. The van der Waals surface area contributed by atoms with Crippen LogP contribution in [0.4, 0.5) is 0 Å². The van der Waals surface area contributed by atoms with E-state index in [9.17, 15) is 0 Å². The molecule has 0 radical (unpaired) electrons. The molecule has 116 valence electrons. The van der Waals surface area contributed by atoms with Crippen molar-refractivity contribution in [3.63, 3.8) is 0 Å². The maximum absolute atomic E-state index is 2.33. The van der Waals surface area contributed by atoms with Crippen LogP contribution in [0.15, 0.2) is 0 Å². The second kappa shape index (κ2) is 22.7. The molecule has 0 aliphatic heterocycles. The first kappa shape index (κ1) is 27.0. The van der Waals surface area contributed by atoms with Gasteiger partial charge >= 0.3 is 0 Å². The molecule has 0 bridgehead atoms. The van der Waals surface area contributed by atoms with Gasteiger partial charge < -0.3 is 0 Å². The minimum absolute atomic E-state index is 0. The Labute approximate surface area is 130 Å². The third-order valence-electron chi connectivity index (χ3n) is 3.49. The zero-order chi connectivity index (χ0) is 12.8. The summed E-state index contributed by atoms with van der Waals surface area (Å²) in [5.41, 5.74) is 0. The molecule has 0 nitrogen and oxygen atoms in total. The highest BCUT2D eigenvalue weighted by atomic mass is 35.5. The fourth-order valence-electron chi connectivity index (χ4n) is 1.51. The first-order chi connectivity index (χ1) is 7.62. The first-order valence-corrected chi connectivity index (χ1v) is 7.62. The quantitative estimate of drug-likeness (QED) is 0.441. The van der Waals surface area contributed by atoms with Crippen LogP contribution in [0.5, 0.6) is 0 Å². The number of hydrogen-bond acceptors (Lipinski definition) is 0. The first-order valence-electron chi connectivity index (χ1n) is 7.62. The average Bonchev–Trinajstić information content (AvgIpc) is 2.33. The summed E-state index contributed by atoms with van der Waals surface area (Å²) >= 11 is 0. The van der Waals surface area contributed by atoms with Crippen molar-refractivity contribution in [3.8, 4) is 0 Å². The SMILES string of the molecule is CCCCC(C)CC.CCCCC(C)CC.Cl.Cl. The van der Waals surface area contributed by atoms with E-state index in [1.807, 2.05) is 0 Å². The van der Waals surface area contributed by atoms with E-state index in [-0.39, 0.29) is 24.8 Å². The second-order valence-corrected chi connectivity index (χ2v) is 5.31. The molecular formula is C16H38Cl2. The average molecular weight is 301 g/mol. The van der Waals surface area contributed by atoms with Crippen LogP contribution in [0.2, 0.25) is 0 Å². The molecule has 0 amide bonds. The number of halogens is 2. The van der Waals surface area contributed by atoms with Crippen LogP contribution in [0.25, 0.3) is 0 Å². The van der Waals surface area contributed by atoms with Crippen molar-refractivity contribution in [2.75, 3.05) is 0 Å². The third kappa shape index (κ3) is 25.4. The molecule has 0 rings (SSSR count). The van der Waals surface area contributed by atoms with Crippen LogP contribution in [-0.4, -0.2) is 0 Å². The lowest BCUT2D eigenvalue weighted by molar-refractivity contribution is 0.492. The van der Waals surface area contributed by atoms with Gasteiger partial charge in [0.25, 0.3) is 0 Å². The van der Waals surface area contributed by atoms with Crippen molar-refractivity contribution in [2.45, 2.75) is 92.9 Å². The fourth-order valence-corrected chi connectivity index (χ4v) is 1.51. The van der Waals surface area contributed by atoms with Gasteiger partial charge in [0.05, 0.1) is 0 Å². The zero-order valence-corrected chi connectivity index (χ0v) is 15.3. The van der Waals surface area contributed by atoms with Crippen molar-refractivity contribution >= 4 is 24.8 Å². The van der Waals surface area contributed by atoms with Gasteiger partial charge in [-0.15, -0.1) is 24.8 Å². The van der Waals surface area contributed by atoms with E-state index in [1.165, 1.54) is 51.4 Å². The Morgan fingerprint density at radius 2 is 0.889 bits per heavy atom. The van der Waals surface area contributed by atoms with Crippen LogP contribution in [-0.2, 0) is 0 Å². The van der Waals surface area contributed by atoms with E-state index in [2.05, 4.69) is 41.5 Å². The van der Waals surface area contributed by atoms with Gasteiger partial charge in [-0.05, 0) is 11.8 Å². The van der Waals surface area contributed by atoms with Crippen molar-refractivity contribution in [2.24, 2.45) is 11.8 Å². The van der Waals surface area contributed by atoms with Gasteiger partial charge in [-0.1, -0.05) is 92.9 Å². The predicted octanol–water partition coefficient (Wildman–Crippen LogP) is 7.29. The molecule has 2 heteroatoms. The Morgan fingerprint density at radius 3 is 1.06 bits per heavy atom. The van der Waals surface area contributed by atoms with E-state index in [0.717, 1.165) is 11.8 Å². The molecule has 0 aliphatic carbocycles. The normalized spacial score (nSPS) is 12.3. The lowest BCUT2D eigenvalue weighted by Gasteiger charge is -2.04. The Balaban J connectivity index is -0.0000000980. The summed E-state index contributed by atoms with van der Waals surface area (Å²) in [7, 11) is 0. The van der Waals surface area contributed by atoms with E-state index in [4.69, 9.17) is 0 Å². The monoisotopic (exact) mass is 300 g/mol. The summed E-state index contributed by atoms with van der Waals surface area (Å²) in [5.74, 6) is 1.91. The molecule has 0 spiro atoms. The van der Waals surface area contributed by atoms with Gasteiger partial charge in [0, 0.05) is 0 Å². The summed E-state index contributed by atoms with van der Waals surface area (Å²) < 4.78 is 0. The Hall–Kier alpha value is 0.580. The van der Waals surface area contributed by atoms with Gasteiger partial charge in [0.2, 0.25) is 0 Å². The second-order valence-electron chi connectivity index (χ2n) is 5.31. The molecule has 0 aromatic heterocycles. The highest BCUT2D eigenvalue weighted by Gasteiger charge is 1.95. The molecule has 0 fully saturated rings. The summed E-state index contributed by atoms with van der Waals surface area (Å²) in [6.07, 6.45) is 11.1. The summed E-state index contributed by atoms with van der Waals surface area (Å²) in [4.78, 5) is 0. The van der Waals surface area contributed by atoms with E-state index in [1.54, 1.807) is 0 Å². The number of hydrogen-bond donors (Lipinski definition) is 0. The molecular weight excluding hydrogens is 263 g/mol. The molecule has 0 N–H and O–H groups in total. The molecule has 2 atom stereocenters. The van der Waals surface area contributed by atoms with Crippen LogP contribution >= 0.6 is 24.8 Å². The summed E-state index contributed by atoms with van der Waals surface area (Å²) in [5, 5.41) is 0. The van der Waals surface area contributed by atoms with Crippen LogP contribution in [0.1, 0.15) is 92.9 Å². The molecule has 0 aromatic carbocycles. The summed E-state index contributed by atoms with van der Waals surface area (Å²) in [6.45, 7) is 13.7. The third-order valence-corrected chi connectivity index (χ3v) is 3.49. The van der Waals surface area contributed by atoms with Crippen molar-refractivity contribution < 1.29 is 0 Å². The van der Waals surface area contributed by atoms with Crippen molar-refractivity contribution in [1.29, 1.82) is 0 Å². The lowest BCUT2D eigenvalue weighted by Crippen LogP contribution is -1.89. The van der Waals surface area contributed by atoms with Crippen LogP contribution < -0.4 is 0 Å². The Bertz CT molecular complexity index is 102. The minimum atomic E-state index is 0. The zero-order valence-electron chi connectivity index (χ0n) is 13.6. The van der Waals surface area contributed by atoms with Crippen molar-refractivity contribution in [1.82, 2.24) is 0 Å². The van der Waals surface area contributed by atoms with Gasteiger partial charge in [0.15, 0.2) is 0 Å². The lowest BCUT2D eigenvalue weighted by atomic mass is 10.0. The van der Waals surface area contributed by atoms with Crippen LogP contribution in [0, 0.1) is 11.8 Å². The van der Waals surface area contributed by atoms with E-state index < -0.39 is 0 Å². The van der Waals surface area contributed by atoms with E-state index >= 15 is 0 Å². The largest absolute Gasteiger partial charge is 0.147 e. The van der Waals surface area contributed by atoms with Gasteiger partial charge in [-0.2, -0.15) is 0 Å². The standard InChI is InChI=1S/2C8H18.2ClH/c2*1-4-6-7-8(3)5-2;;/h2*8H,4-7H2,1-3H3;2*1H. The maximum atomic E-state index is 2.33. The smallest absolute Gasteiger partial charge is 0.0445 e. The molecule has 2 unspecified atom stereocenters. The molecule has 0 saturated heterocycles. The molecule has 0 aromatic rings. The van der Waals surface area contributed by atoms with Gasteiger partial charge in [-0.25, -0.2) is 0 Å². The maximum Gasteiger partial charge on any atom is -0.0445 e. The minimum Gasteiger partial charge on any atom is -0.147 e. The molecule has 0 aliphatic rings. The van der Waals surface area contributed by atoms with E-state index in [0.29, 0.717) is 0 Å². The molecule has 0 heterocycles.